The summed E-state index contributed by atoms with van der Waals surface area (Å²) in [7, 11) is 0. The van der Waals surface area contributed by atoms with Crippen LogP contribution in [-0.4, -0.2) is 35.6 Å². The minimum Gasteiger partial charge on any atom is -0.396 e. The Labute approximate surface area is 134 Å². The molecule has 0 saturated carbocycles. The summed E-state index contributed by atoms with van der Waals surface area (Å²) in [5.41, 5.74) is 2.43. The second-order valence-electron chi connectivity index (χ2n) is 6.65. The lowest BCUT2D eigenvalue weighted by Gasteiger charge is -2.41. The molecule has 122 valence electrons. The number of carbonyl (C=O) groups is 1. The van der Waals surface area contributed by atoms with Gasteiger partial charge in [0.15, 0.2) is 0 Å². The SMILES string of the molecule is CCc1ccc(C(C)C(=O)N2CCC(CC)(CO)CC2)cc1. The Morgan fingerprint density at radius 1 is 1.23 bits per heavy atom. The molecule has 0 spiro atoms. The molecule has 1 N–H and O–H groups in total. The summed E-state index contributed by atoms with van der Waals surface area (Å²) in [6, 6.07) is 8.39. The van der Waals surface area contributed by atoms with Crippen molar-refractivity contribution in [1.29, 1.82) is 0 Å². The number of aliphatic hydroxyl groups excluding tert-OH is 1. The Hall–Kier alpha value is -1.35. The highest BCUT2D eigenvalue weighted by Gasteiger charge is 2.35. The van der Waals surface area contributed by atoms with Gasteiger partial charge in [-0.05, 0) is 49.1 Å². The molecule has 1 amide bonds. The van der Waals surface area contributed by atoms with Gasteiger partial charge < -0.3 is 10.0 Å². The molecule has 1 aliphatic rings. The summed E-state index contributed by atoms with van der Waals surface area (Å²) >= 11 is 0. The first-order chi connectivity index (χ1) is 10.5. The van der Waals surface area contributed by atoms with Gasteiger partial charge in [0.1, 0.15) is 0 Å². The Morgan fingerprint density at radius 3 is 2.27 bits per heavy atom. The van der Waals surface area contributed by atoms with Gasteiger partial charge in [-0.2, -0.15) is 0 Å². The first-order valence-corrected chi connectivity index (χ1v) is 8.53. The molecule has 1 fully saturated rings. The zero-order valence-electron chi connectivity index (χ0n) is 14.1. The number of carbonyl (C=O) groups excluding carboxylic acids is 1. The van der Waals surface area contributed by atoms with Gasteiger partial charge in [-0.1, -0.05) is 38.1 Å². The molecular formula is C19H29NO2. The Bertz CT molecular complexity index is 481. The van der Waals surface area contributed by atoms with Crippen molar-refractivity contribution in [1.82, 2.24) is 4.90 Å². The molecule has 1 atom stereocenters. The monoisotopic (exact) mass is 303 g/mol. The van der Waals surface area contributed by atoms with Gasteiger partial charge in [0.25, 0.3) is 0 Å². The fraction of sp³-hybridized carbons (Fsp3) is 0.632. The predicted molar refractivity (Wildman–Crippen MR) is 89.9 cm³/mol. The van der Waals surface area contributed by atoms with Crippen molar-refractivity contribution in [3.8, 4) is 0 Å². The number of amides is 1. The number of benzene rings is 1. The lowest BCUT2D eigenvalue weighted by molar-refractivity contribution is -0.135. The van der Waals surface area contributed by atoms with Crippen molar-refractivity contribution in [2.24, 2.45) is 5.41 Å². The fourth-order valence-electron chi connectivity index (χ4n) is 3.28. The van der Waals surface area contributed by atoms with E-state index < -0.39 is 0 Å². The van der Waals surface area contributed by atoms with E-state index in [1.165, 1.54) is 5.56 Å². The smallest absolute Gasteiger partial charge is 0.229 e. The molecule has 0 aromatic heterocycles. The highest BCUT2D eigenvalue weighted by molar-refractivity contribution is 5.83. The second-order valence-corrected chi connectivity index (χ2v) is 6.65. The molecule has 1 aromatic rings. The third-order valence-corrected chi connectivity index (χ3v) is 5.48. The van der Waals surface area contributed by atoms with Crippen LogP contribution in [0.4, 0.5) is 0 Å². The second kappa shape index (κ2) is 7.28. The normalized spacial score (nSPS) is 19.0. The summed E-state index contributed by atoms with van der Waals surface area (Å²) in [4.78, 5) is 14.7. The topological polar surface area (TPSA) is 40.5 Å². The van der Waals surface area contributed by atoms with Crippen LogP contribution in [0.5, 0.6) is 0 Å². The quantitative estimate of drug-likeness (QED) is 0.906. The van der Waals surface area contributed by atoms with E-state index in [2.05, 4.69) is 38.1 Å². The number of likely N-dealkylation sites (tertiary alicyclic amines) is 1. The molecule has 0 bridgehead atoms. The molecular weight excluding hydrogens is 274 g/mol. The molecule has 1 aliphatic heterocycles. The van der Waals surface area contributed by atoms with Crippen LogP contribution in [0, 0.1) is 5.41 Å². The van der Waals surface area contributed by atoms with Crippen LogP contribution in [0.1, 0.15) is 57.1 Å². The molecule has 3 nitrogen and oxygen atoms in total. The molecule has 1 heterocycles. The third kappa shape index (κ3) is 3.52. The molecule has 2 rings (SSSR count). The van der Waals surface area contributed by atoms with Gasteiger partial charge in [-0.3, -0.25) is 4.79 Å². The predicted octanol–water partition coefficient (Wildman–Crippen LogP) is 3.36. The lowest BCUT2D eigenvalue weighted by atomic mass is 9.77. The van der Waals surface area contributed by atoms with Gasteiger partial charge in [-0.15, -0.1) is 0 Å². The van der Waals surface area contributed by atoms with Gasteiger partial charge in [0, 0.05) is 19.7 Å². The summed E-state index contributed by atoms with van der Waals surface area (Å²) in [5.74, 6) is 0.126. The standard InChI is InChI=1S/C19H29NO2/c1-4-16-6-8-17(9-7-16)15(3)18(22)20-12-10-19(5-2,14-21)11-13-20/h6-9,15,21H,4-5,10-14H2,1-3H3. The maximum Gasteiger partial charge on any atom is 0.229 e. The average Bonchev–Trinajstić information content (AvgIpc) is 2.60. The first-order valence-electron chi connectivity index (χ1n) is 8.53. The molecule has 1 saturated heterocycles. The maximum atomic E-state index is 12.7. The van der Waals surface area contributed by atoms with Crippen molar-refractivity contribution in [2.75, 3.05) is 19.7 Å². The van der Waals surface area contributed by atoms with Gasteiger partial charge in [0.05, 0.1) is 5.92 Å². The molecule has 0 aliphatic carbocycles. The number of hydrogen-bond donors (Lipinski definition) is 1. The zero-order valence-corrected chi connectivity index (χ0v) is 14.1. The Balaban J connectivity index is 1.99. The van der Waals surface area contributed by atoms with Gasteiger partial charge in [0.2, 0.25) is 5.91 Å². The van der Waals surface area contributed by atoms with E-state index in [1.54, 1.807) is 0 Å². The van der Waals surface area contributed by atoms with Crippen LogP contribution in [0.25, 0.3) is 0 Å². The summed E-state index contributed by atoms with van der Waals surface area (Å²) < 4.78 is 0. The minimum atomic E-state index is -0.0887. The molecule has 22 heavy (non-hydrogen) atoms. The summed E-state index contributed by atoms with van der Waals surface area (Å²) in [6.07, 6.45) is 3.83. The van der Waals surface area contributed by atoms with Crippen LogP contribution in [0.2, 0.25) is 0 Å². The maximum absolute atomic E-state index is 12.7. The lowest BCUT2D eigenvalue weighted by Crippen LogP contribution is -2.45. The van der Waals surface area contributed by atoms with Crippen LogP contribution in [0.15, 0.2) is 24.3 Å². The summed E-state index contributed by atoms with van der Waals surface area (Å²) in [6.45, 7) is 8.04. The fourth-order valence-corrected chi connectivity index (χ4v) is 3.28. The largest absolute Gasteiger partial charge is 0.396 e. The van der Waals surface area contributed by atoms with Crippen LogP contribution >= 0.6 is 0 Å². The van der Waals surface area contributed by atoms with Gasteiger partial charge in [-0.25, -0.2) is 0 Å². The number of aliphatic hydroxyl groups is 1. The van der Waals surface area contributed by atoms with Crippen molar-refractivity contribution in [3.63, 3.8) is 0 Å². The van der Waals surface area contributed by atoms with E-state index in [0.717, 1.165) is 44.3 Å². The van der Waals surface area contributed by atoms with E-state index in [0.29, 0.717) is 0 Å². The highest BCUT2D eigenvalue weighted by atomic mass is 16.3. The number of rotatable bonds is 5. The number of hydrogen-bond acceptors (Lipinski definition) is 2. The Morgan fingerprint density at radius 2 is 1.82 bits per heavy atom. The van der Waals surface area contributed by atoms with Crippen LogP contribution in [-0.2, 0) is 11.2 Å². The van der Waals surface area contributed by atoms with E-state index >= 15 is 0 Å². The molecule has 1 aromatic carbocycles. The highest BCUT2D eigenvalue weighted by Crippen LogP contribution is 2.35. The van der Waals surface area contributed by atoms with E-state index in [4.69, 9.17) is 0 Å². The zero-order chi connectivity index (χ0) is 16.2. The number of nitrogens with zero attached hydrogens (tertiary/aromatic N) is 1. The Kier molecular flexibility index (Phi) is 5.63. The average molecular weight is 303 g/mol. The van der Waals surface area contributed by atoms with Crippen molar-refractivity contribution in [3.05, 3.63) is 35.4 Å². The number of piperidine rings is 1. The van der Waals surface area contributed by atoms with Crippen molar-refractivity contribution in [2.45, 2.75) is 52.4 Å². The van der Waals surface area contributed by atoms with Crippen LogP contribution in [0.3, 0.4) is 0 Å². The van der Waals surface area contributed by atoms with Crippen LogP contribution < -0.4 is 0 Å². The van der Waals surface area contributed by atoms with Crippen molar-refractivity contribution >= 4 is 5.91 Å². The molecule has 3 heteroatoms. The molecule has 1 unspecified atom stereocenters. The van der Waals surface area contributed by atoms with Gasteiger partial charge >= 0.3 is 0 Å². The van der Waals surface area contributed by atoms with E-state index in [9.17, 15) is 9.90 Å². The third-order valence-electron chi connectivity index (χ3n) is 5.48. The van der Waals surface area contributed by atoms with Crippen molar-refractivity contribution < 1.29 is 9.90 Å². The number of aryl methyl sites for hydroxylation is 1. The summed E-state index contributed by atoms with van der Waals surface area (Å²) in [5, 5.41) is 9.60. The van der Waals surface area contributed by atoms with E-state index in [-0.39, 0.29) is 23.8 Å². The minimum absolute atomic E-state index is 0.0305. The van der Waals surface area contributed by atoms with E-state index in [1.807, 2.05) is 11.8 Å². The molecule has 0 radical (unpaired) electrons. The first kappa shape index (κ1) is 17.0.